The molecule has 2 amide bonds. The summed E-state index contributed by atoms with van der Waals surface area (Å²) in [4.78, 5) is 26.8. The fourth-order valence-electron chi connectivity index (χ4n) is 1.83. The third-order valence-electron chi connectivity index (χ3n) is 3.18. The zero-order valence-electron chi connectivity index (χ0n) is 20.1. The van der Waals surface area contributed by atoms with E-state index in [2.05, 4.69) is 48.5 Å². The Morgan fingerprint density at radius 3 is 2.12 bits per heavy atom. The van der Waals surface area contributed by atoms with Crippen molar-refractivity contribution in [2.24, 2.45) is 0 Å². The molecule has 0 radical (unpaired) electrons. The Morgan fingerprint density at radius 2 is 1.66 bits per heavy atom. The summed E-state index contributed by atoms with van der Waals surface area (Å²) in [5, 5.41) is 10.1. The molecule has 0 bridgehead atoms. The largest absolute Gasteiger partial charge is 0.360 e. The molecule has 0 saturated carbocycles. The van der Waals surface area contributed by atoms with Crippen molar-refractivity contribution in [2.45, 2.75) is 65.5 Å². The van der Waals surface area contributed by atoms with E-state index in [1.165, 1.54) is 0 Å². The Kier molecular flexibility index (Phi) is 21.4. The molecule has 0 spiro atoms. The number of carbonyl (C=O) groups excluding carboxylic acids is 2. The summed E-state index contributed by atoms with van der Waals surface area (Å²) >= 11 is 3.24. The van der Waals surface area contributed by atoms with Gasteiger partial charge in [0.2, 0.25) is 11.8 Å². The molecule has 2 N–H and O–H groups in total. The topological polar surface area (TPSA) is 97.1 Å². The summed E-state index contributed by atoms with van der Waals surface area (Å²) in [6.45, 7) is 14.6. The van der Waals surface area contributed by atoms with E-state index >= 15 is 0 Å². The SMILES string of the molecule is CC.CC(C)SCC(=O)NCc1ccccn1.Cc1cc(NC(=O)CSC(C)C)no1.[HH].[U]. The fourth-order valence-corrected chi connectivity index (χ4v) is 2.98. The molecule has 0 aliphatic heterocycles. The van der Waals surface area contributed by atoms with E-state index in [-0.39, 0.29) is 44.4 Å². The Labute approximate surface area is 226 Å². The van der Waals surface area contributed by atoms with E-state index in [0.29, 0.717) is 40.1 Å². The van der Waals surface area contributed by atoms with Crippen molar-refractivity contribution in [1.29, 1.82) is 0 Å². The van der Waals surface area contributed by atoms with Crippen LogP contribution in [0.3, 0.4) is 0 Å². The summed E-state index contributed by atoms with van der Waals surface area (Å²) < 4.78 is 4.82. The molecular formula is C22H38N4O3S2U. The van der Waals surface area contributed by atoms with Gasteiger partial charge in [0.1, 0.15) is 5.76 Å². The Morgan fingerprint density at radius 1 is 1.06 bits per heavy atom. The first-order valence-corrected chi connectivity index (χ1v) is 12.5. The maximum atomic E-state index is 11.4. The third kappa shape index (κ3) is 18.6. The minimum Gasteiger partial charge on any atom is -0.360 e. The van der Waals surface area contributed by atoms with E-state index in [4.69, 9.17) is 4.52 Å². The van der Waals surface area contributed by atoms with Crippen molar-refractivity contribution >= 4 is 41.2 Å². The average Bonchev–Trinajstić information content (AvgIpc) is 3.16. The quantitative estimate of drug-likeness (QED) is 0.371. The molecule has 2 aromatic rings. The number of anilines is 1. The van der Waals surface area contributed by atoms with Crippen molar-refractivity contribution in [3.8, 4) is 0 Å². The van der Waals surface area contributed by atoms with Gasteiger partial charge in [0.25, 0.3) is 0 Å². The van der Waals surface area contributed by atoms with Gasteiger partial charge < -0.3 is 15.2 Å². The van der Waals surface area contributed by atoms with Crippen molar-refractivity contribution in [1.82, 2.24) is 15.5 Å². The molecule has 0 aliphatic carbocycles. The van der Waals surface area contributed by atoms with Gasteiger partial charge in [0.05, 0.1) is 23.7 Å². The molecule has 32 heavy (non-hydrogen) atoms. The van der Waals surface area contributed by atoms with Crippen LogP contribution in [0.25, 0.3) is 0 Å². The van der Waals surface area contributed by atoms with Crippen LogP contribution < -0.4 is 10.6 Å². The smallest absolute Gasteiger partial charge is 0.235 e. The molecule has 0 atom stereocenters. The number of hydrogen-bond acceptors (Lipinski definition) is 7. The third-order valence-corrected chi connectivity index (χ3v) is 5.37. The van der Waals surface area contributed by atoms with Crippen LogP contribution in [0.4, 0.5) is 5.82 Å². The summed E-state index contributed by atoms with van der Waals surface area (Å²) in [5.74, 6) is 2.17. The van der Waals surface area contributed by atoms with Gasteiger partial charge in [0, 0.05) is 44.8 Å². The van der Waals surface area contributed by atoms with Gasteiger partial charge in [-0.25, -0.2) is 0 Å². The number of pyridine rings is 1. The van der Waals surface area contributed by atoms with Crippen molar-refractivity contribution < 1.29 is 46.7 Å². The summed E-state index contributed by atoms with van der Waals surface area (Å²) in [5.41, 5.74) is 0.889. The predicted molar refractivity (Wildman–Crippen MR) is 135 cm³/mol. The molecule has 0 saturated heterocycles. The Balaban J connectivity index is -0.000000481. The first kappa shape index (κ1) is 33.2. The van der Waals surface area contributed by atoms with Gasteiger partial charge in [-0.2, -0.15) is 0 Å². The first-order valence-electron chi connectivity index (χ1n) is 10.4. The van der Waals surface area contributed by atoms with Crippen molar-refractivity contribution in [2.75, 3.05) is 16.8 Å². The second kappa shape index (κ2) is 20.6. The van der Waals surface area contributed by atoms with E-state index < -0.39 is 0 Å². The van der Waals surface area contributed by atoms with Gasteiger partial charge in [-0.1, -0.05) is 52.8 Å². The van der Waals surface area contributed by atoms with Crippen molar-refractivity contribution in [3.05, 3.63) is 41.9 Å². The van der Waals surface area contributed by atoms with Crippen LogP contribution in [0.1, 0.15) is 54.4 Å². The molecular weight excluding hydrogens is 670 g/mol. The number of hydrogen-bond donors (Lipinski definition) is 2. The zero-order chi connectivity index (χ0) is 23.6. The summed E-state index contributed by atoms with van der Waals surface area (Å²) in [6.07, 6.45) is 1.73. The number of carbonyl (C=O) groups is 2. The van der Waals surface area contributed by atoms with Gasteiger partial charge in [0.15, 0.2) is 5.82 Å². The van der Waals surface area contributed by atoms with Crippen LogP contribution in [0.2, 0.25) is 0 Å². The van der Waals surface area contributed by atoms with Crippen LogP contribution in [-0.2, 0) is 16.1 Å². The Bertz CT molecular complexity index is 750. The van der Waals surface area contributed by atoms with Gasteiger partial charge in [-0.3, -0.25) is 14.6 Å². The van der Waals surface area contributed by atoms with Crippen LogP contribution in [-0.4, -0.2) is 44.0 Å². The van der Waals surface area contributed by atoms with E-state index in [9.17, 15) is 9.59 Å². The second-order valence-electron chi connectivity index (χ2n) is 6.69. The van der Waals surface area contributed by atoms with E-state index in [1.54, 1.807) is 42.7 Å². The molecule has 0 unspecified atom stereocenters. The van der Waals surface area contributed by atoms with Gasteiger partial charge >= 0.3 is 0 Å². The number of amides is 2. The molecule has 0 aromatic carbocycles. The van der Waals surface area contributed by atoms with Crippen LogP contribution in [0.5, 0.6) is 0 Å². The molecule has 10 heteroatoms. The van der Waals surface area contributed by atoms with Crippen molar-refractivity contribution in [3.63, 3.8) is 0 Å². The summed E-state index contributed by atoms with van der Waals surface area (Å²) in [6, 6.07) is 7.37. The Hall–Kier alpha value is -0.948. The molecule has 2 rings (SSSR count). The number of nitrogens with one attached hydrogen (secondary N) is 2. The zero-order valence-corrected chi connectivity index (χ0v) is 25.9. The maximum Gasteiger partial charge on any atom is 0.235 e. The van der Waals surface area contributed by atoms with Gasteiger partial charge in [-0.05, 0) is 29.6 Å². The standard InChI is InChI=1S/C11H16N2OS.C9H14N2O2S.C2H6.U.H2/c1-9(2)15-8-11(14)13-7-10-5-3-4-6-12-10;1-6(2)14-5-9(12)10-8-4-7(3)13-11-8;1-2;;/h3-6,9H,7-8H2,1-2H3,(H,13,14);4,6H,5H2,1-3H3,(H,10,11,12);1-2H3;;1H. The molecule has 180 valence electrons. The summed E-state index contributed by atoms with van der Waals surface area (Å²) in [7, 11) is 0. The number of aryl methyl sites for hydroxylation is 1. The minimum atomic E-state index is -0.0444. The molecule has 7 nitrogen and oxygen atoms in total. The monoisotopic (exact) mass is 708 g/mol. The molecule has 0 fully saturated rings. The average molecular weight is 709 g/mol. The van der Waals surface area contributed by atoms with Crippen LogP contribution in [0.15, 0.2) is 35.0 Å². The second-order valence-corrected chi connectivity index (χ2v) is 9.82. The number of aromatic nitrogens is 2. The minimum absolute atomic E-state index is 0. The maximum absolute atomic E-state index is 11.4. The number of thioether (sulfide) groups is 2. The molecule has 2 heterocycles. The van der Waals surface area contributed by atoms with E-state index in [0.717, 1.165) is 5.69 Å². The molecule has 0 aliphatic rings. The van der Waals surface area contributed by atoms with Crippen LogP contribution >= 0.6 is 23.5 Å². The first-order chi connectivity index (χ1) is 14.8. The van der Waals surface area contributed by atoms with E-state index in [1.807, 2.05) is 32.0 Å². The van der Waals surface area contributed by atoms with Crippen LogP contribution in [0, 0.1) is 38.0 Å². The normalized spacial score (nSPS) is 9.66. The molecule has 2 aromatic heterocycles. The predicted octanol–water partition coefficient (Wildman–Crippen LogP) is 5.17. The number of rotatable bonds is 9. The fraction of sp³-hybridized carbons (Fsp3) is 0.545. The number of nitrogens with zero attached hydrogens (tertiary/aromatic N) is 2. The van der Waals surface area contributed by atoms with Gasteiger partial charge in [-0.15, -0.1) is 23.5 Å².